The van der Waals surface area contributed by atoms with E-state index in [0.29, 0.717) is 28.4 Å². The number of allylic oxidation sites excluding steroid dienone is 2. The van der Waals surface area contributed by atoms with Crippen LogP contribution in [-0.2, 0) is 9.53 Å². The minimum absolute atomic E-state index is 0.294. The molecule has 0 radical (unpaired) electrons. The van der Waals surface area contributed by atoms with Gasteiger partial charge in [0.05, 0.1) is 5.76 Å². The van der Waals surface area contributed by atoms with Gasteiger partial charge in [-0.05, 0) is 59.8 Å². The van der Waals surface area contributed by atoms with E-state index in [1.807, 2.05) is 0 Å². The van der Waals surface area contributed by atoms with Crippen molar-refractivity contribution in [3.63, 3.8) is 0 Å². The highest BCUT2D eigenvalue weighted by molar-refractivity contribution is 5.90. The van der Waals surface area contributed by atoms with Crippen LogP contribution in [0.15, 0.2) is 11.3 Å². The van der Waals surface area contributed by atoms with E-state index in [9.17, 15) is 4.79 Å². The molecule has 120 valence electrons. The van der Waals surface area contributed by atoms with Gasteiger partial charge in [0.25, 0.3) is 0 Å². The van der Waals surface area contributed by atoms with Gasteiger partial charge < -0.3 is 4.74 Å². The Balaban J connectivity index is 1.52. The smallest absolute Gasteiger partial charge is 0.176 e. The van der Waals surface area contributed by atoms with E-state index in [1.165, 1.54) is 18.6 Å². The molecule has 4 fully saturated rings. The lowest BCUT2D eigenvalue weighted by Gasteiger charge is -2.66. The van der Waals surface area contributed by atoms with Gasteiger partial charge in [-0.25, -0.2) is 0 Å². The summed E-state index contributed by atoms with van der Waals surface area (Å²) in [5.41, 5.74) is 1.88. The van der Waals surface area contributed by atoms with Crippen molar-refractivity contribution in [2.24, 2.45) is 34.5 Å². The summed E-state index contributed by atoms with van der Waals surface area (Å²) >= 11 is 0. The average molecular weight is 300 g/mol. The van der Waals surface area contributed by atoms with Gasteiger partial charge in [0.2, 0.25) is 0 Å². The van der Waals surface area contributed by atoms with Crippen LogP contribution < -0.4 is 0 Å². The number of hydrogen-bond acceptors (Lipinski definition) is 2. The Morgan fingerprint density at radius 2 is 1.73 bits per heavy atom. The molecule has 6 aliphatic carbocycles. The summed E-state index contributed by atoms with van der Waals surface area (Å²) in [6, 6.07) is 0. The van der Waals surface area contributed by atoms with Gasteiger partial charge in [0.15, 0.2) is 11.4 Å². The number of rotatable bonds is 0. The molecule has 0 aromatic heterocycles. The second-order valence-corrected chi connectivity index (χ2v) is 9.88. The molecule has 0 amide bonds. The molecule has 22 heavy (non-hydrogen) atoms. The fourth-order valence-electron chi connectivity index (χ4n) is 6.70. The molecule has 0 aromatic carbocycles. The zero-order valence-corrected chi connectivity index (χ0v) is 14.4. The van der Waals surface area contributed by atoms with Crippen molar-refractivity contribution >= 4 is 5.78 Å². The molecule has 7 aliphatic rings. The molecule has 1 aliphatic heterocycles. The highest BCUT2D eigenvalue weighted by Crippen LogP contribution is 2.68. The van der Waals surface area contributed by atoms with Gasteiger partial charge >= 0.3 is 0 Å². The number of carbonyl (C=O) groups excluding carboxylic acids is 1. The summed E-state index contributed by atoms with van der Waals surface area (Å²) in [4.78, 5) is 12.8. The van der Waals surface area contributed by atoms with Crippen LogP contribution in [0.4, 0.5) is 0 Å². The average Bonchev–Trinajstić information content (AvgIpc) is 2.48. The first-order valence-corrected chi connectivity index (χ1v) is 9.21. The first kappa shape index (κ1) is 13.6. The lowest BCUT2D eigenvalue weighted by molar-refractivity contribution is -0.217. The highest BCUT2D eigenvalue weighted by atomic mass is 16.5. The fourth-order valence-corrected chi connectivity index (χ4v) is 6.70. The van der Waals surface area contributed by atoms with E-state index in [4.69, 9.17) is 4.74 Å². The molecule has 4 bridgehead atoms. The predicted molar refractivity (Wildman–Crippen MR) is 85.1 cm³/mol. The molecule has 1 spiro atoms. The third-order valence-corrected chi connectivity index (χ3v) is 8.69. The molecular weight excluding hydrogens is 272 g/mol. The second kappa shape index (κ2) is 3.65. The number of Topliss-reactive ketones (excluding diaryl/α,β-unsaturated/α-hetero) is 1. The Morgan fingerprint density at radius 1 is 1.00 bits per heavy atom. The lowest BCUT2D eigenvalue weighted by Crippen LogP contribution is -2.68. The Morgan fingerprint density at radius 3 is 2.41 bits per heavy atom. The van der Waals surface area contributed by atoms with Crippen LogP contribution in [0.1, 0.15) is 66.2 Å². The zero-order chi connectivity index (χ0) is 15.5. The maximum atomic E-state index is 12.8. The third-order valence-electron chi connectivity index (χ3n) is 8.69. The summed E-state index contributed by atoms with van der Waals surface area (Å²) < 4.78 is 6.64. The summed E-state index contributed by atoms with van der Waals surface area (Å²) in [5.74, 6) is 4.20. The minimum Gasteiger partial charge on any atom is -0.484 e. The standard InChI is InChI=1S/C20H28O2/c1-18(2)11-7-14(18)13-5-6-20(22-15(13)8-11)16-9-12(10-17(20)21)19(16,3)4/h11-12,14,16H,5-10H2,1-4H3/t11-,12+,14+,16+,20+/m0/s1. The van der Waals surface area contributed by atoms with Crippen LogP contribution >= 0.6 is 0 Å². The topological polar surface area (TPSA) is 26.3 Å². The molecule has 0 unspecified atom stereocenters. The molecule has 1 heterocycles. The minimum atomic E-state index is -0.453. The van der Waals surface area contributed by atoms with Crippen molar-refractivity contribution in [1.29, 1.82) is 0 Å². The van der Waals surface area contributed by atoms with E-state index in [0.717, 1.165) is 37.5 Å². The summed E-state index contributed by atoms with van der Waals surface area (Å²) in [7, 11) is 0. The first-order valence-electron chi connectivity index (χ1n) is 9.21. The number of ether oxygens (including phenoxy) is 1. The maximum absolute atomic E-state index is 12.8. The van der Waals surface area contributed by atoms with Crippen molar-refractivity contribution in [2.75, 3.05) is 0 Å². The number of fused-ring (bicyclic) bond motifs is 1. The molecule has 2 nitrogen and oxygen atoms in total. The Labute approximate surface area is 133 Å². The molecule has 0 aromatic rings. The van der Waals surface area contributed by atoms with Gasteiger partial charge in [0, 0.05) is 18.8 Å². The van der Waals surface area contributed by atoms with Gasteiger partial charge in [-0.15, -0.1) is 0 Å². The van der Waals surface area contributed by atoms with Crippen molar-refractivity contribution in [2.45, 2.75) is 71.8 Å². The number of hydrogen-bond donors (Lipinski definition) is 0. The van der Waals surface area contributed by atoms with Crippen molar-refractivity contribution in [3.05, 3.63) is 11.3 Å². The second-order valence-electron chi connectivity index (χ2n) is 9.88. The van der Waals surface area contributed by atoms with Crippen LogP contribution in [0.5, 0.6) is 0 Å². The highest BCUT2D eigenvalue weighted by Gasteiger charge is 2.68. The van der Waals surface area contributed by atoms with E-state index >= 15 is 0 Å². The van der Waals surface area contributed by atoms with Crippen molar-refractivity contribution in [1.82, 2.24) is 0 Å². The van der Waals surface area contributed by atoms with Crippen molar-refractivity contribution in [3.8, 4) is 0 Å². The normalized spacial score (nSPS) is 49.9. The van der Waals surface area contributed by atoms with Gasteiger partial charge in [-0.1, -0.05) is 27.7 Å². The molecule has 0 N–H and O–H groups in total. The van der Waals surface area contributed by atoms with E-state index in [-0.39, 0.29) is 0 Å². The molecule has 5 atom stereocenters. The molecule has 7 rings (SSSR count). The summed E-state index contributed by atoms with van der Waals surface area (Å²) in [5, 5.41) is 0. The summed E-state index contributed by atoms with van der Waals surface area (Å²) in [6.45, 7) is 9.56. The van der Waals surface area contributed by atoms with Crippen molar-refractivity contribution < 1.29 is 9.53 Å². The van der Waals surface area contributed by atoms with Crippen LogP contribution in [0.25, 0.3) is 0 Å². The monoisotopic (exact) mass is 300 g/mol. The number of carbonyl (C=O) groups is 1. The van der Waals surface area contributed by atoms with E-state index < -0.39 is 5.60 Å². The fraction of sp³-hybridized carbons (Fsp3) is 0.850. The predicted octanol–water partition coefficient (Wildman–Crippen LogP) is 4.49. The molecule has 4 saturated carbocycles. The molecule has 0 saturated heterocycles. The maximum Gasteiger partial charge on any atom is 0.176 e. The number of ketones is 1. The molecule has 2 heteroatoms. The van der Waals surface area contributed by atoms with Crippen LogP contribution in [0.3, 0.4) is 0 Å². The zero-order valence-electron chi connectivity index (χ0n) is 14.4. The Kier molecular flexibility index (Phi) is 2.26. The third kappa shape index (κ3) is 1.29. The Bertz CT molecular complexity index is 611. The van der Waals surface area contributed by atoms with E-state index in [1.54, 1.807) is 5.57 Å². The van der Waals surface area contributed by atoms with Gasteiger partial charge in [-0.2, -0.15) is 0 Å². The summed E-state index contributed by atoms with van der Waals surface area (Å²) in [6.07, 6.45) is 6.46. The van der Waals surface area contributed by atoms with Crippen LogP contribution in [0.2, 0.25) is 0 Å². The van der Waals surface area contributed by atoms with Gasteiger partial charge in [-0.3, -0.25) is 4.79 Å². The first-order chi connectivity index (χ1) is 10.3. The lowest BCUT2D eigenvalue weighted by atomic mass is 9.42. The Hall–Kier alpha value is -0.790. The largest absolute Gasteiger partial charge is 0.484 e. The SMILES string of the molecule is CC1(C)[C@@H]2CC3=C(CC[C@]4(O3)C(=O)C[C@H]3C[C@@H]4C3(C)C)[C@H]1C2. The van der Waals surface area contributed by atoms with Gasteiger partial charge in [0.1, 0.15) is 0 Å². The molecular formula is C20H28O2. The van der Waals surface area contributed by atoms with Crippen LogP contribution in [-0.4, -0.2) is 11.4 Å². The van der Waals surface area contributed by atoms with E-state index in [2.05, 4.69) is 27.7 Å². The quantitative estimate of drug-likeness (QED) is 0.659. The van der Waals surface area contributed by atoms with Crippen LogP contribution in [0, 0.1) is 34.5 Å².